The molecule has 0 aromatic carbocycles. The molecule has 1 unspecified atom stereocenters. The molecule has 1 fully saturated rings. The Morgan fingerprint density at radius 3 is 2.53 bits per heavy atom. The summed E-state index contributed by atoms with van der Waals surface area (Å²) in [4.78, 5) is 10.8. The molecule has 15 heavy (non-hydrogen) atoms. The Labute approximate surface area is 89.1 Å². The van der Waals surface area contributed by atoms with Crippen LogP contribution in [0.25, 0.3) is 0 Å². The lowest BCUT2D eigenvalue weighted by Crippen LogP contribution is -2.63. The normalized spacial score (nSPS) is 44.2. The summed E-state index contributed by atoms with van der Waals surface area (Å²) in [6.07, 6.45) is -6.98. The van der Waals surface area contributed by atoms with E-state index in [9.17, 15) is 20.1 Å². The molecule has 0 bridgehead atoms. The van der Waals surface area contributed by atoms with Crippen molar-refractivity contribution in [3.63, 3.8) is 0 Å². The first-order valence-corrected chi connectivity index (χ1v) is 4.33. The minimum atomic E-state index is -2.93. The van der Waals surface area contributed by atoms with Crippen molar-refractivity contribution in [1.29, 1.82) is 0 Å². The first-order valence-electron chi connectivity index (χ1n) is 5.33. The highest BCUT2D eigenvalue weighted by atomic mass is 16.6. The number of amides is 1. The van der Waals surface area contributed by atoms with Crippen molar-refractivity contribution in [3.05, 3.63) is 0 Å². The number of hydrogen-bond acceptors (Lipinski definition) is 6. The fraction of sp³-hybridized carbons (Fsp3) is 0.875. The van der Waals surface area contributed by atoms with Gasteiger partial charge in [0.2, 0.25) is 5.91 Å². The van der Waals surface area contributed by atoms with Gasteiger partial charge in [0.25, 0.3) is 0 Å². The number of nitrogens with one attached hydrogen (secondary N) is 1. The molecule has 0 aliphatic carbocycles. The van der Waals surface area contributed by atoms with Crippen LogP contribution in [0.4, 0.5) is 0 Å². The second-order valence-corrected chi connectivity index (χ2v) is 3.28. The van der Waals surface area contributed by atoms with Crippen LogP contribution in [0.1, 0.15) is 9.67 Å². The Balaban J connectivity index is 2.83. The molecule has 5 N–H and O–H groups in total. The monoisotopic (exact) mass is 223 g/mol. The Morgan fingerprint density at radius 1 is 1.47 bits per heavy atom. The molecule has 0 aromatic heterocycles. The molecule has 0 radical (unpaired) electrons. The summed E-state index contributed by atoms with van der Waals surface area (Å²) in [5.41, 5.74) is 0. The lowest BCUT2D eigenvalue weighted by atomic mass is 9.97. The van der Waals surface area contributed by atoms with Gasteiger partial charge in [-0.05, 0) is 0 Å². The first kappa shape index (κ1) is 9.49. The van der Waals surface area contributed by atoms with Crippen molar-refractivity contribution < 1.29 is 32.7 Å². The van der Waals surface area contributed by atoms with Gasteiger partial charge in [0, 0.05) is 6.92 Å². The largest absolute Gasteiger partial charge is 0.394 e. The van der Waals surface area contributed by atoms with E-state index in [4.69, 9.17) is 7.85 Å². The van der Waals surface area contributed by atoms with Crippen molar-refractivity contribution >= 4 is 5.91 Å². The van der Waals surface area contributed by atoms with Crippen molar-refractivity contribution in [1.82, 2.24) is 5.32 Å². The van der Waals surface area contributed by atoms with Gasteiger partial charge in [-0.25, -0.2) is 0 Å². The highest BCUT2D eigenvalue weighted by Crippen LogP contribution is 2.19. The quantitative estimate of drug-likeness (QED) is 0.339. The van der Waals surface area contributed by atoms with E-state index in [1.54, 1.807) is 0 Å². The van der Waals surface area contributed by atoms with E-state index in [2.05, 4.69) is 10.1 Å². The Morgan fingerprint density at radius 2 is 2.07 bits per heavy atom. The molecule has 88 valence electrons. The second kappa shape index (κ2) is 4.86. The minimum Gasteiger partial charge on any atom is -0.394 e. The molecule has 1 aliphatic heterocycles. The van der Waals surface area contributed by atoms with Crippen LogP contribution in [0.2, 0.25) is 0 Å². The molecule has 1 amide bonds. The summed E-state index contributed by atoms with van der Waals surface area (Å²) >= 11 is 0. The highest BCUT2D eigenvalue weighted by molar-refractivity contribution is 5.73. The van der Waals surface area contributed by atoms with Gasteiger partial charge in [-0.15, -0.1) is 0 Å². The van der Waals surface area contributed by atoms with Crippen molar-refractivity contribution in [2.75, 3.05) is 6.56 Å². The summed E-state index contributed by atoms with van der Waals surface area (Å²) < 4.78 is 18.6. The van der Waals surface area contributed by atoms with Gasteiger partial charge in [-0.3, -0.25) is 4.79 Å². The Hall–Kier alpha value is -0.730. The van der Waals surface area contributed by atoms with Crippen molar-refractivity contribution in [2.45, 2.75) is 37.6 Å². The lowest BCUT2D eigenvalue weighted by molar-refractivity contribution is -0.253. The molecular weight excluding hydrogens is 206 g/mol. The van der Waals surface area contributed by atoms with E-state index in [0.717, 1.165) is 6.92 Å². The van der Waals surface area contributed by atoms with Gasteiger partial charge in [0.05, 0.1) is 9.30 Å². The van der Waals surface area contributed by atoms with Crippen LogP contribution in [-0.4, -0.2) is 63.5 Å². The molecule has 1 heterocycles. The number of aliphatic hydroxyl groups is 4. The van der Waals surface area contributed by atoms with Crippen molar-refractivity contribution in [3.8, 4) is 0 Å². The first-order chi connectivity index (χ1) is 7.64. The summed E-state index contributed by atoms with van der Waals surface area (Å²) in [5, 5.41) is 39.8. The maximum Gasteiger partial charge on any atom is 0.217 e. The second-order valence-electron chi connectivity index (χ2n) is 3.28. The molecule has 5 atom stereocenters. The third-order valence-electron chi connectivity index (χ3n) is 2.12. The SMILES string of the molecule is [2H]C([2H])(O)[C@H]1OC(O)[C@H](NC(C)=O)[C@@H](O)[C@@H]1O. The van der Waals surface area contributed by atoms with Gasteiger partial charge < -0.3 is 30.5 Å². The fourth-order valence-corrected chi connectivity index (χ4v) is 1.37. The topological polar surface area (TPSA) is 119 Å². The summed E-state index contributed by atoms with van der Waals surface area (Å²) in [5.74, 6) is -0.561. The predicted octanol–water partition coefficient (Wildman–Crippen LogP) is -3.08. The summed E-state index contributed by atoms with van der Waals surface area (Å²) in [6, 6.07) is -1.29. The number of rotatable bonds is 2. The maximum atomic E-state index is 10.8. The zero-order valence-electron chi connectivity index (χ0n) is 9.99. The van der Waals surface area contributed by atoms with E-state index in [-0.39, 0.29) is 0 Å². The predicted molar refractivity (Wildman–Crippen MR) is 47.6 cm³/mol. The number of aliphatic hydroxyl groups excluding tert-OH is 3. The highest BCUT2D eigenvalue weighted by Gasteiger charge is 2.43. The number of carbonyl (C=O) groups is 1. The van der Waals surface area contributed by atoms with E-state index in [1.165, 1.54) is 0 Å². The molecule has 7 heteroatoms. The zero-order valence-corrected chi connectivity index (χ0v) is 7.99. The number of carbonyl (C=O) groups excluding carboxylic acids is 1. The lowest BCUT2D eigenvalue weighted by Gasteiger charge is -2.40. The van der Waals surface area contributed by atoms with Gasteiger partial charge >= 0.3 is 0 Å². The third-order valence-corrected chi connectivity index (χ3v) is 2.12. The van der Waals surface area contributed by atoms with Crippen LogP contribution in [0.15, 0.2) is 0 Å². The van der Waals surface area contributed by atoms with E-state index < -0.39 is 43.1 Å². The Bertz CT molecular complexity index is 296. The molecule has 0 saturated carbocycles. The van der Waals surface area contributed by atoms with Gasteiger partial charge in [-0.2, -0.15) is 0 Å². The third kappa shape index (κ3) is 2.64. The van der Waals surface area contributed by atoms with E-state index in [1.807, 2.05) is 0 Å². The molecule has 0 aromatic rings. The Kier molecular flexibility index (Phi) is 3.08. The van der Waals surface area contributed by atoms with Gasteiger partial charge in [0.15, 0.2) is 6.29 Å². The number of hydrogen-bond donors (Lipinski definition) is 5. The standard InChI is InChI=1S/C8H15NO6/c1-3(11)9-5-7(13)6(12)4(2-10)15-8(5)14/h4-8,10,12-14H,2H2,1H3,(H,9,11)/t4-,5-,6-,7-,8?/m1/s1/i2D2. The van der Waals surface area contributed by atoms with Crippen LogP contribution in [0, 0.1) is 0 Å². The van der Waals surface area contributed by atoms with Crippen LogP contribution in [0.3, 0.4) is 0 Å². The van der Waals surface area contributed by atoms with E-state index >= 15 is 0 Å². The molecule has 1 rings (SSSR count). The van der Waals surface area contributed by atoms with E-state index in [0.29, 0.717) is 0 Å². The van der Waals surface area contributed by atoms with Crippen LogP contribution in [-0.2, 0) is 9.53 Å². The van der Waals surface area contributed by atoms with Crippen LogP contribution < -0.4 is 5.32 Å². The fourth-order valence-electron chi connectivity index (χ4n) is 1.37. The summed E-state index contributed by atoms with van der Waals surface area (Å²) in [6.45, 7) is -1.79. The molecule has 0 spiro atoms. The minimum absolute atomic E-state index is 0.561. The molecule has 7 nitrogen and oxygen atoms in total. The average Bonchev–Trinajstić information content (AvgIpc) is 2.16. The van der Waals surface area contributed by atoms with Crippen LogP contribution in [0.5, 0.6) is 0 Å². The molecule has 1 aliphatic rings. The summed E-state index contributed by atoms with van der Waals surface area (Å²) in [7, 11) is 0. The zero-order chi connectivity index (χ0) is 13.4. The van der Waals surface area contributed by atoms with Gasteiger partial charge in [-0.1, -0.05) is 0 Å². The van der Waals surface area contributed by atoms with Crippen LogP contribution >= 0.6 is 0 Å². The number of ether oxygens (including phenoxy) is 1. The van der Waals surface area contributed by atoms with Crippen molar-refractivity contribution in [2.24, 2.45) is 0 Å². The molecular formula is C8H15NO6. The maximum absolute atomic E-state index is 10.8. The average molecular weight is 223 g/mol. The molecule has 1 saturated heterocycles. The van der Waals surface area contributed by atoms with Gasteiger partial charge in [0.1, 0.15) is 24.4 Å². The smallest absolute Gasteiger partial charge is 0.217 e.